The molecule has 0 saturated carbocycles. The molecule has 3 rings (SSSR count). The van der Waals surface area contributed by atoms with Gasteiger partial charge in [0, 0.05) is 6.08 Å². The minimum absolute atomic E-state index is 0.0148. The normalized spacial score (nSPS) is 12.9. The second kappa shape index (κ2) is 8.41. The topological polar surface area (TPSA) is 77.3 Å². The van der Waals surface area contributed by atoms with Gasteiger partial charge in [-0.2, -0.15) is 0 Å². The van der Waals surface area contributed by atoms with Gasteiger partial charge in [-0.1, -0.05) is 60.7 Å². The maximum absolute atomic E-state index is 13.1. The van der Waals surface area contributed by atoms with Crippen molar-refractivity contribution in [3.63, 3.8) is 0 Å². The van der Waals surface area contributed by atoms with Crippen LogP contribution in [0.3, 0.4) is 0 Å². The first kappa shape index (κ1) is 19.9. The molecule has 0 aliphatic heterocycles. The summed E-state index contributed by atoms with van der Waals surface area (Å²) in [5.74, 6) is 0. The van der Waals surface area contributed by atoms with Crippen LogP contribution < -0.4 is 0 Å². The Bertz CT molecular complexity index is 1180. The highest BCUT2D eigenvalue weighted by molar-refractivity contribution is 8.03. The molecule has 142 valence electrons. The van der Waals surface area contributed by atoms with Crippen molar-refractivity contribution < 1.29 is 13.3 Å². The fraction of sp³-hybridized carbons (Fsp3) is 0.0476. The van der Waals surface area contributed by atoms with E-state index in [0.717, 1.165) is 22.5 Å². The molecule has 7 heteroatoms. The molecule has 0 heterocycles. The van der Waals surface area contributed by atoms with Crippen molar-refractivity contribution in [1.82, 2.24) is 0 Å². The number of sulfone groups is 1. The van der Waals surface area contributed by atoms with Crippen LogP contribution >= 0.6 is 11.8 Å². The van der Waals surface area contributed by atoms with Crippen LogP contribution in [-0.4, -0.2) is 19.6 Å². The molecule has 0 spiro atoms. The zero-order valence-electron chi connectivity index (χ0n) is 15.0. The summed E-state index contributed by atoms with van der Waals surface area (Å²) in [6.45, 7) is 0. The highest BCUT2D eigenvalue weighted by Crippen LogP contribution is 2.30. The predicted octanol–water partition coefficient (Wildman–Crippen LogP) is 5.14. The lowest BCUT2D eigenvalue weighted by molar-refractivity contribution is -0.418. The van der Waals surface area contributed by atoms with Gasteiger partial charge in [0.1, 0.15) is 0 Å². The quantitative estimate of drug-likeness (QED) is 0.319. The molecule has 0 radical (unpaired) electrons. The number of fused-ring (bicyclic) bond motifs is 1. The van der Waals surface area contributed by atoms with Crippen LogP contribution in [0.4, 0.5) is 0 Å². The lowest BCUT2D eigenvalue weighted by Crippen LogP contribution is -2.12. The van der Waals surface area contributed by atoms with Gasteiger partial charge in [-0.05, 0) is 40.1 Å². The third-order valence-electron chi connectivity index (χ3n) is 4.13. The molecule has 0 aromatic heterocycles. The summed E-state index contributed by atoms with van der Waals surface area (Å²) in [5, 5.41) is 14.9. The van der Waals surface area contributed by atoms with E-state index in [-0.39, 0.29) is 9.80 Å². The zero-order valence-corrected chi connectivity index (χ0v) is 16.6. The minimum Gasteiger partial charge on any atom is -0.258 e. The van der Waals surface area contributed by atoms with Crippen LogP contribution in [0.5, 0.6) is 0 Å². The predicted molar refractivity (Wildman–Crippen MR) is 114 cm³/mol. The van der Waals surface area contributed by atoms with Crippen molar-refractivity contribution in [2.45, 2.75) is 4.90 Å². The van der Waals surface area contributed by atoms with Crippen LogP contribution in [0.15, 0.2) is 93.7 Å². The van der Waals surface area contributed by atoms with E-state index in [1.54, 1.807) is 36.6 Å². The van der Waals surface area contributed by atoms with Crippen molar-refractivity contribution >= 4 is 38.4 Å². The highest BCUT2D eigenvalue weighted by Gasteiger charge is 2.31. The van der Waals surface area contributed by atoms with Crippen molar-refractivity contribution in [2.75, 3.05) is 6.26 Å². The van der Waals surface area contributed by atoms with Gasteiger partial charge in [0.15, 0.2) is 4.91 Å². The SMILES string of the molecule is CS/C=C(\C(=C/c1cccc2ccccc12)[N+](=O)[O-])S(=O)(=O)c1ccccc1. The van der Waals surface area contributed by atoms with E-state index in [4.69, 9.17) is 0 Å². The Kier molecular flexibility index (Phi) is 5.96. The first-order valence-corrected chi connectivity index (χ1v) is 11.1. The summed E-state index contributed by atoms with van der Waals surface area (Å²) in [7, 11) is -4.05. The Hall–Kier alpha value is -2.90. The van der Waals surface area contributed by atoms with Gasteiger partial charge in [0.2, 0.25) is 9.84 Å². The molecule has 0 saturated heterocycles. The number of benzene rings is 3. The van der Waals surface area contributed by atoms with Gasteiger partial charge in [-0.25, -0.2) is 8.42 Å². The highest BCUT2D eigenvalue weighted by atomic mass is 32.2. The van der Waals surface area contributed by atoms with E-state index in [1.807, 2.05) is 30.3 Å². The second-order valence-electron chi connectivity index (χ2n) is 5.89. The van der Waals surface area contributed by atoms with E-state index in [2.05, 4.69) is 0 Å². The molecular formula is C21H17NO4S2. The standard InChI is InChI=1S/C21H17NO4S2/c1-27-15-21(28(25,26)18-11-3-2-4-12-18)20(22(23)24)14-17-10-7-9-16-8-5-6-13-19(16)17/h2-15H,1H3/b20-14+,21-15+. The summed E-state index contributed by atoms with van der Waals surface area (Å²) in [6.07, 6.45) is 2.99. The lowest BCUT2D eigenvalue weighted by atomic mass is 10.0. The molecule has 0 aliphatic carbocycles. The largest absolute Gasteiger partial charge is 0.289 e. The van der Waals surface area contributed by atoms with Gasteiger partial charge in [0.05, 0.1) is 9.82 Å². The van der Waals surface area contributed by atoms with Crippen molar-refractivity contribution in [3.8, 4) is 0 Å². The number of thioether (sulfide) groups is 1. The molecule has 0 unspecified atom stereocenters. The molecule has 0 amide bonds. The van der Waals surface area contributed by atoms with Crippen LogP contribution in [0.2, 0.25) is 0 Å². The van der Waals surface area contributed by atoms with Gasteiger partial charge >= 0.3 is 0 Å². The number of hydrogen-bond acceptors (Lipinski definition) is 5. The summed E-state index contributed by atoms with van der Waals surface area (Å²) in [6, 6.07) is 20.6. The summed E-state index contributed by atoms with van der Waals surface area (Å²) < 4.78 is 26.2. The first-order chi connectivity index (χ1) is 13.4. The zero-order chi connectivity index (χ0) is 20.1. The third-order valence-corrected chi connectivity index (χ3v) is 6.55. The Morgan fingerprint density at radius 2 is 1.61 bits per heavy atom. The Balaban J connectivity index is 2.23. The van der Waals surface area contributed by atoms with Gasteiger partial charge in [0.25, 0.3) is 5.70 Å². The van der Waals surface area contributed by atoms with Crippen molar-refractivity contribution in [2.24, 2.45) is 0 Å². The second-order valence-corrected chi connectivity index (χ2v) is 8.51. The molecule has 0 aliphatic rings. The summed E-state index contributed by atoms with van der Waals surface area (Å²) in [4.78, 5) is 10.9. The average molecular weight is 412 g/mol. The smallest absolute Gasteiger partial charge is 0.258 e. The van der Waals surface area contributed by atoms with E-state index < -0.39 is 20.5 Å². The maximum atomic E-state index is 13.1. The number of rotatable bonds is 6. The Morgan fingerprint density at radius 3 is 2.29 bits per heavy atom. The third kappa shape index (κ3) is 4.00. The molecule has 0 N–H and O–H groups in total. The van der Waals surface area contributed by atoms with Crippen LogP contribution in [0, 0.1) is 10.1 Å². The van der Waals surface area contributed by atoms with Crippen LogP contribution in [-0.2, 0) is 9.84 Å². The molecule has 3 aromatic carbocycles. The monoisotopic (exact) mass is 411 g/mol. The van der Waals surface area contributed by atoms with Crippen molar-refractivity contribution in [1.29, 1.82) is 0 Å². The molecular weight excluding hydrogens is 394 g/mol. The number of nitro groups is 1. The fourth-order valence-electron chi connectivity index (χ4n) is 2.83. The number of hydrogen-bond donors (Lipinski definition) is 0. The molecule has 0 fully saturated rings. The summed E-state index contributed by atoms with van der Waals surface area (Å²) >= 11 is 1.10. The maximum Gasteiger partial charge on any atom is 0.289 e. The molecule has 3 aromatic rings. The molecule has 28 heavy (non-hydrogen) atoms. The first-order valence-electron chi connectivity index (χ1n) is 8.32. The minimum atomic E-state index is -4.05. The fourth-order valence-corrected chi connectivity index (χ4v) is 5.14. The van der Waals surface area contributed by atoms with E-state index in [0.29, 0.717) is 5.56 Å². The van der Waals surface area contributed by atoms with E-state index in [9.17, 15) is 18.5 Å². The average Bonchev–Trinajstić information content (AvgIpc) is 2.71. The molecule has 0 atom stereocenters. The molecule has 5 nitrogen and oxygen atoms in total. The number of nitrogens with zero attached hydrogens (tertiary/aromatic N) is 1. The van der Waals surface area contributed by atoms with Crippen molar-refractivity contribution in [3.05, 3.63) is 104 Å². The lowest BCUT2D eigenvalue weighted by Gasteiger charge is -2.08. The van der Waals surface area contributed by atoms with Gasteiger partial charge < -0.3 is 0 Å². The van der Waals surface area contributed by atoms with Crippen LogP contribution in [0.1, 0.15) is 5.56 Å². The Labute approximate surface area is 167 Å². The molecule has 0 bridgehead atoms. The Morgan fingerprint density at radius 1 is 0.964 bits per heavy atom. The van der Waals surface area contributed by atoms with E-state index >= 15 is 0 Å². The van der Waals surface area contributed by atoms with E-state index in [1.165, 1.54) is 23.6 Å². The summed E-state index contributed by atoms with van der Waals surface area (Å²) in [5.41, 5.74) is 0.120. The van der Waals surface area contributed by atoms with Crippen LogP contribution in [0.25, 0.3) is 16.8 Å². The van der Waals surface area contributed by atoms with Gasteiger partial charge in [-0.15, -0.1) is 11.8 Å². The van der Waals surface area contributed by atoms with Gasteiger partial charge in [-0.3, -0.25) is 10.1 Å².